The molecule has 4 heteroatoms. The first-order valence-corrected chi connectivity index (χ1v) is 4.36. The minimum Gasteiger partial charge on any atom is -0.489 e. The third-order valence-corrected chi connectivity index (χ3v) is 2.10. The zero-order chi connectivity index (χ0) is 9.97. The third kappa shape index (κ3) is 1.49. The van der Waals surface area contributed by atoms with Crippen molar-refractivity contribution in [1.82, 2.24) is 0 Å². The number of ether oxygens (including phenoxy) is 1. The molecule has 0 saturated carbocycles. The lowest BCUT2D eigenvalue weighted by Gasteiger charge is -2.25. The van der Waals surface area contributed by atoms with Crippen LogP contribution in [0.25, 0.3) is 0 Å². The Morgan fingerprint density at radius 3 is 3.29 bits per heavy atom. The van der Waals surface area contributed by atoms with E-state index in [0.29, 0.717) is 24.5 Å². The summed E-state index contributed by atoms with van der Waals surface area (Å²) in [5.41, 5.74) is 0.360. The molecule has 72 valence electrons. The summed E-state index contributed by atoms with van der Waals surface area (Å²) in [4.78, 5) is 0. The second-order valence-electron chi connectivity index (χ2n) is 3.13. The molecule has 0 spiro atoms. The number of hydrogen-bond donors (Lipinski definition) is 1. The minimum atomic E-state index is -0.342. The van der Waals surface area contributed by atoms with Gasteiger partial charge in [0.1, 0.15) is 23.9 Å². The zero-order valence-electron chi connectivity index (χ0n) is 7.46. The lowest BCUT2D eigenvalue weighted by atomic mass is 10.1. The number of nitriles is 1. The van der Waals surface area contributed by atoms with Gasteiger partial charge in [-0.1, -0.05) is 6.07 Å². The number of nitrogens with one attached hydrogen (secondary N) is 1. The van der Waals surface area contributed by atoms with E-state index in [1.54, 1.807) is 12.1 Å². The quantitative estimate of drug-likeness (QED) is 0.739. The van der Waals surface area contributed by atoms with Crippen LogP contribution in [0.1, 0.15) is 6.42 Å². The fourth-order valence-corrected chi connectivity index (χ4v) is 1.42. The highest BCUT2D eigenvalue weighted by molar-refractivity contribution is 5.59. The Kier molecular flexibility index (Phi) is 2.23. The highest BCUT2D eigenvalue weighted by Gasteiger charge is 2.20. The molecule has 1 aliphatic rings. The van der Waals surface area contributed by atoms with Crippen LogP contribution in [0.5, 0.6) is 5.75 Å². The van der Waals surface area contributed by atoms with E-state index >= 15 is 0 Å². The van der Waals surface area contributed by atoms with E-state index in [4.69, 9.17) is 10.00 Å². The first-order valence-electron chi connectivity index (χ1n) is 4.36. The minimum absolute atomic E-state index is 0.121. The summed E-state index contributed by atoms with van der Waals surface area (Å²) < 4.78 is 18.6. The number of benzene rings is 1. The van der Waals surface area contributed by atoms with Crippen molar-refractivity contribution >= 4 is 5.69 Å². The van der Waals surface area contributed by atoms with Gasteiger partial charge in [-0.05, 0) is 12.1 Å². The van der Waals surface area contributed by atoms with E-state index in [1.807, 2.05) is 6.07 Å². The van der Waals surface area contributed by atoms with Crippen molar-refractivity contribution in [3.8, 4) is 11.8 Å². The summed E-state index contributed by atoms with van der Waals surface area (Å²) >= 11 is 0. The SMILES string of the molecule is N#CCC1COc2cccc(F)c2N1. The fourth-order valence-electron chi connectivity index (χ4n) is 1.42. The van der Waals surface area contributed by atoms with Gasteiger partial charge in [-0.3, -0.25) is 0 Å². The highest BCUT2D eigenvalue weighted by atomic mass is 19.1. The highest BCUT2D eigenvalue weighted by Crippen LogP contribution is 2.31. The normalized spacial score (nSPS) is 18.7. The molecule has 2 rings (SSSR count). The van der Waals surface area contributed by atoms with Crippen molar-refractivity contribution in [2.45, 2.75) is 12.5 Å². The Labute approximate surface area is 81.1 Å². The predicted octanol–water partition coefficient (Wildman–Crippen LogP) is 1.91. The summed E-state index contributed by atoms with van der Waals surface area (Å²) in [6, 6.07) is 6.57. The molecule has 1 aliphatic heterocycles. The van der Waals surface area contributed by atoms with Crippen LogP contribution in [0.15, 0.2) is 18.2 Å². The maximum atomic E-state index is 13.3. The van der Waals surface area contributed by atoms with Gasteiger partial charge >= 0.3 is 0 Å². The summed E-state index contributed by atoms with van der Waals surface area (Å²) in [7, 11) is 0. The Hall–Kier alpha value is -1.76. The third-order valence-electron chi connectivity index (χ3n) is 2.10. The molecule has 1 atom stereocenters. The molecule has 3 nitrogen and oxygen atoms in total. The van der Waals surface area contributed by atoms with Gasteiger partial charge in [0.2, 0.25) is 0 Å². The van der Waals surface area contributed by atoms with Crippen molar-refractivity contribution < 1.29 is 9.13 Å². The van der Waals surface area contributed by atoms with Gasteiger partial charge in [-0.15, -0.1) is 0 Å². The average Bonchev–Trinajstić information content (AvgIpc) is 2.20. The second-order valence-corrected chi connectivity index (χ2v) is 3.13. The maximum absolute atomic E-state index is 13.3. The van der Waals surface area contributed by atoms with Crippen LogP contribution in [0.2, 0.25) is 0 Å². The molecular formula is C10H9FN2O. The Morgan fingerprint density at radius 2 is 2.50 bits per heavy atom. The van der Waals surface area contributed by atoms with Crippen molar-refractivity contribution in [2.24, 2.45) is 0 Å². The smallest absolute Gasteiger partial charge is 0.150 e. The number of anilines is 1. The molecule has 0 aromatic heterocycles. The molecule has 0 saturated heterocycles. The standard InChI is InChI=1S/C10H9FN2O/c11-8-2-1-3-9-10(8)13-7(4-5-12)6-14-9/h1-3,7,13H,4,6H2. The molecule has 1 aromatic carbocycles. The summed E-state index contributed by atoms with van der Waals surface area (Å²) in [6.07, 6.45) is 0.313. The molecule has 0 amide bonds. The van der Waals surface area contributed by atoms with E-state index in [-0.39, 0.29) is 11.9 Å². The number of halogens is 1. The van der Waals surface area contributed by atoms with Gasteiger partial charge in [-0.25, -0.2) is 4.39 Å². The van der Waals surface area contributed by atoms with Crippen LogP contribution in [-0.2, 0) is 0 Å². The van der Waals surface area contributed by atoms with Crippen LogP contribution in [0.4, 0.5) is 10.1 Å². The Bertz CT molecular complexity index is 386. The van der Waals surface area contributed by atoms with E-state index in [2.05, 4.69) is 5.32 Å². The number of nitrogens with zero attached hydrogens (tertiary/aromatic N) is 1. The van der Waals surface area contributed by atoms with Crippen molar-refractivity contribution in [1.29, 1.82) is 5.26 Å². The number of fused-ring (bicyclic) bond motifs is 1. The van der Waals surface area contributed by atoms with E-state index in [9.17, 15) is 4.39 Å². The van der Waals surface area contributed by atoms with Crippen LogP contribution in [-0.4, -0.2) is 12.6 Å². The first-order chi connectivity index (χ1) is 6.81. The van der Waals surface area contributed by atoms with Gasteiger partial charge in [0.15, 0.2) is 0 Å². The molecule has 1 aromatic rings. The molecule has 0 fully saturated rings. The van der Waals surface area contributed by atoms with Gasteiger partial charge < -0.3 is 10.1 Å². The zero-order valence-corrected chi connectivity index (χ0v) is 7.46. The summed E-state index contributed by atoms with van der Waals surface area (Å²) in [5.74, 6) is 0.171. The topological polar surface area (TPSA) is 45.0 Å². The van der Waals surface area contributed by atoms with E-state index in [0.717, 1.165) is 0 Å². The largest absolute Gasteiger partial charge is 0.489 e. The van der Waals surface area contributed by atoms with Crippen molar-refractivity contribution in [3.05, 3.63) is 24.0 Å². The lowest BCUT2D eigenvalue weighted by Crippen LogP contribution is -2.31. The van der Waals surface area contributed by atoms with Gasteiger partial charge in [0.05, 0.1) is 18.5 Å². The molecule has 0 aliphatic carbocycles. The lowest BCUT2D eigenvalue weighted by molar-refractivity contribution is 0.283. The predicted molar refractivity (Wildman–Crippen MR) is 49.5 cm³/mol. The van der Waals surface area contributed by atoms with Gasteiger partial charge in [-0.2, -0.15) is 5.26 Å². The molecule has 0 radical (unpaired) electrons. The molecular weight excluding hydrogens is 183 g/mol. The molecule has 1 heterocycles. The van der Waals surface area contributed by atoms with Crippen LogP contribution >= 0.6 is 0 Å². The molecule has 1 N–H and O–H groups in total. The van der Waals surface area contributed by atoms with E-state index < -0.39 is 0 Å². The van der Waals surface area contributed by atoms with Gasteiger partial charge in [0, 0.05) is 0 Å². The molecule has 0 bridgehead atoms. The van der Waals surface area contributed by atoms with Crippen LogP contribution < -0.4 is 10.1 Å². The van der Waals surface area contributed by atoms with Gasteiger partial charge in [0.25, 0.3) is 0 Å². The maximum Gasteiger partial charge on any atom is 0.150 e. The van der Waals surface area contributed by atoms with Crippen molar-refractivity contribution in [3.63, 3.8) is 0 Å². The molecule has 1 unspecified atom stereocenters. The summed E-state index contributed by atoms with van der Waals surface area (Å²) in [6.45, 7) is 0.407. The van der Waals surface area contributed by atoms with Crippen LogP contribution in [0.3, 0.4) is 0 Å². The monoisotopic (exact) mass is 192 g/mol. The molecule has 14 heavy (non-hydrogen) atoms. The number of para-hydroxylation sites is 1. The number of hydrogen-bond acceptors (Lipinski definition) is 3. The number of rotatable bonds is 1. The second kappa shape index (κ2) is 3.54. The van der Waals surface area contributed by atoms with E-state index in [1.165, 1.54) is 6.07 Å². The van der Waals surface area contributed by atoms with Crippen LogP contribution in [0, 0.1) is 17.1 Å². The Balaban J connectivity index is 2.25. The van der Waals surface area contributed by atoms with Crippen molar-refractivity contribution in [2.75, 3.05) is 11.9 Å². The Morgan fingerprint density at radius 1 is 1.64 bits per heavy atom. The fraction of sp³-hybridized carbons (Fsp3) is 0.300. The first kappa shape index (κ1) is 8.82. The summed E-state index contributed by atoms with van der Waals surface area (Å²) in [5, 5.41) is 11.4. The average molecular weight is 192 g/mol.